The second-order valence-electron chi connectivity index (χ2n) is 5.06. The van der Waals surface area contributed by atoms with Crippen molar-refractivity contribution in [3.05, 3.63) is 35.1 Å². The molecule has 0 aliphatic carbocycles. The lowest BCUT2D eigenvalue weighted by Gasteiger charge is -2.30. The second kappa shape index (κ2) is 5.48. The molecule has 0 radical (unpaired) electrons. The van der Waals surface area contributed by atoms with Gasteiger partial charge in [-0.1, -0.05) is 6.07 Å². The van der Waals surface area contributed by atoms with E-state index in [1.807, 2.05) is 7.05 Å². The first-order valence-corrected chi connectivity index (χ1v) is 6.32. The number of likely N-dealkylation sites (tertiary alicyclic amines) is 1. The Hall–Kier alpha value is -1.42. The molecule has 1 aliphatic heterocycles. The van der Waals surface area contributed by atoms with Crippen molar-refractivity contribution in [2.45, 2.75) is 25.8 Å². The summed E-state index contributed by atoms with van der Waals surface area (Å²) >= 11 is 0. The van der Waals surface area contributed by atoms with E-state index >= 15 is 0 Å². The largest absolute Gasteiger partial charge is 0.348 e. The first-order chi connectivity index (χ1) is 8.56. The maximum Gasteiger partial charge on any atom is 0.254 e. The first-order valence-electron chi connectivity index (χ1n) is 6.32. The minimum absolute atomic E-state index is 0.122. The van der Waals surface area contributed by atoms with Gasteiger partial charge in [-0.25, -0.2) is 4.39 Å². The molecule has 1 aromatic carbocycles. The zero-order valence-corrected chi connectivity index (χ0v) is 10.9. The third kappa shape index (κ3) is 3.07. The third-order valence-corrected chi connectivity index (χ3v) is 3.33. The highest BCUT2D eigenvalue weighted by atomic mass is 19.1. The maximum absolute atomic E-state index is 13.7. The fraction of sp³-hybridized carbons (Fsp3) is 0.500. The van der Waals surface area contributed by atoms with E-state index in [2.05, 4.69) is 10.2 Å². The van der Waals surface area contributed by atoms with Gasteiger partial charge in [0.1, 0.15) is 5.82 Å². The van der Waals surface area contributed by atoms with Gasteiger partial charge >= 0.3 is 0 Å². The Morgan fingerprint density at radius 1 is 1.50 bits per heavy atom. The zero-order valence-electron chi connectivity index (χ0n) is 10.9. The van der Waals surface area contributed by atoms with E-state index in [4.69, 9.17) is 0 Å². The number of piperidine rings is 1. The number of halogens is 1. The Kier molecular flexibility index (Phi) is 3.97. The second-order valence-corrected chi connectivity index (χ2v) is 5.06. The van der Waals surface area contributed by atoms with Gasteiger partial charge in [-0.2, -0.15) is 0 Å². The Morgan fingerprint density at radius 2 is 2.28 bits per heavy atom. The molecule has 0 saturated carbocycles. The van der Waals surface area contributed by atoms with Gasteiger partial charge in [0, 0.05) is 12.6 Å². The summed E-state index contributed by atoms with van der Waals surface area (Å²) in [5, 5.41) is 2.91. The predicted molar refractivity (Wildman–Crippen MR) is 69.1 cm³/mol. The SMILES string of the molecule is Cc1ccc(C(=O)NC2CCCN(C)C2)c(F)c1. The Bertz CT molecular complexity index is 447. The highest BCUT2D eigenvalue weighted by Crippen LogP contribution is 2.12. The number of amides is 1. The molecular formula is C14H19FN2O. The number of hydrogen-bond donors (Lipinski definition) is 1. The summed E-state index contributed by atoms with van der Waals surface area (Å²) in [6.45, 7) is 3.70. The number of aryl methyl sites for hydroxylation is 1. The number of likely N-dealkylation sites (N-methyl/N-ethyl adjacent to an activating group) is 1. The Morgan fingerprint density at radius 3 is 2.94 bits per heavy atom. The monoisotopic (exact) mass is 250 g/mol. The van der Waals surface area contributed by atoms with Crippen LogP contribution in [0.3, 0.4) is 0 Å². The standard InChI is InChI=1S/C14H19FN2O/c1-10-5-6-12(13(15)8-10)14(18)16-11-4-3-7-17(2)9-11/h5-6,8,11H,3-4,7,9H2,1-2H3,(H,16,18). The van der Waals surface area contributed by atoms with Crippen LogP contribution in [0.25, 0.3) is 0 Å². The molecule has 4 heteroatoms. The lowest BCUT2D eigenvalue weighted by atomic mass is 10.1. The van der Waals surface area contributed by atoms with Crippen LogP contribution in [0.5, 0.6) is 0 Å². The number of carbonyl (C=O) groups is 1. The van der Waals surface area contributed by atoms with Crippen LogP contribution in [0, 0.1) is 12.7 Å². The van der Waals surface area contributed by atoms with Crippen LogP contribution in [0.15, 0.2) is 18.2 Å². The van der Waals surface area contributed by atoms with Crippen molar-refractivity contribution in [2.24, 2.45) is 0 Å². The lowest BCUT2D eigenvalue weighted by Crippen LogP contribution is -2.46. The van der Waals surface area contributed by atoms with Crippen molar-refractivity contribution in [2.75, 3.05) is 20.1 Å². The molecule has 0 bridgehead atoms. The maximum atomic E-state index is 13.7. The molecule has 98 valence electrons. The lowest BCUT2D eigenvalue weighted by molar-refractivity contribution is 0.0908. The molecule has 1 amide bonds. The molecule has 1 saturated heterocycles. The first kappa shape index (κ1) is 13.0. The Balaban J connectivity index is 2.03. The van der Waals surface area contributed by atoms with Gasteiger partial charge < -0.3 is 10.2 Å². The number of hydrogen-bond acceptors (Lipinski definition) is 2. The van der Waals surface area contributed by atoms with E-state index in [1.54, 1.807) is 19.1 Å². The normalized spacial score (nSPS) is 20.7. The van der Waals surface area contributed by atoms with E-state index in [0.717, 1.165) is 31.5 Å². The highest BCUT2D eigenvalue weighted by Gasteiger charge is 2.20. The van der Waals surface area contributed by atoms with E-state index in [1.165, 1.54) is 6.07 Å². The highest BCUT2D eigenvalue weighted by molar-refractivity contribution is 5.94. The molecule has 3 nitrogen and oxygen atoms in total. The van der Waals surface area contributed by atoms with Crippen LogP contribution in [0.1, 0.15) is 28.8 Å². The van der Waals surface area contributed by atoms with E-state index in [-0.39, 0.29) is 17.5 Å². The van der Waals surface area contributed by atoms with Crippen molar-refractivity contribution < 1.29 is 9.18 Å². The number of carbonyl (C=O) groups excluding carboxylic acids is 1. The van der Waals surface area contributed by atoms with Crippen LogP contribution in [0.4, 0.5) is 4.39 Å². The van der Waals surface area contributed by atoms with Crippen molar-refractivity contribution in [3.63, 3.8) is 0 Å². The molecular weight excluding hydrogens is 231 g/mol. The van der Waals surface area contributed by atoms with Gasteiger partial charge in [0.15, 0.2) is 0 Å². The molecule has 1 heterocycles. The van der Waals surface area contributed by atoms with Crippen molar-refractivity contribution in [1.29, 1.82) is 0 Å². The van der Waals surface area contributed by atoms with Gasteiger partial charge in [0.05, 0.1) is 5.56 Å². The van der Waals surface area contributed by atoms with Crippen LogP contribution in [-0.4, -0.2) is 37.0 Å². The molecule has 1 aromatic rings. The van der Waals surface area contributed by atoms with Crippen LogP contribution < -0.4 is 5.32 Å². The molecule has 1 N–H and O–H groups in total. The van der Waals surface area contributed by atoms with Gasteiger partial charge in [0.2, 0.25) is 0 Å². The Labute approximate surface area is 107 Å². The van der Waals surface area contributed by atoms with Crippen LogP contribution in [0.2, 0.25) is 0 Å². The molecule has 1 atom stereocenters. The van der Waals surface area contributed by atoms with E-state index in [9.17, 15) is 9.18 Å². The summed E-state index contributed by atoms with van der Waals surface area (Å²) in [5.74, 6) is -0.760. The molecule has 1 unspecified atom stereocenters. The molecule has 0 aromatic heterocycles. The van der Waals surface area contributed by atoms with Crippen LogP contribution >= 0.6 is 0 Å². The minimum atomic E-state index is -0.448. The smallest absolute Gasteiger partial charge is 0.254 e. The number of nitrogens with zero attached hydrogens (tertiary/aromatic N) is 1. The number of rotatable bonds is 2. The fourth-order valence-electron chi connectivity index (χ4n) is 2.35. The number of nitrogens with one attached hydrogen (secondary N) is 1. The zero-order chi connectivity index (χ0) is 13.1. The summed E-state index contributed by atoms with van der Waals surface area (Å²) in [7, 11) is 2.03. The average Bonchev–Trinajstić information content (AvgIpc) is 2.28. The summed E-state index contributed by atoms with van der Waals surface area (Å²) < 4.78 is 13.7. The van der Waals surface area contributed by atoms with Gasteiger partial charge in [-0.3, -0.25) is 4.79 Å². The fourth-order valence-corrected chi connectivity index (χ4v) is 2.35. The van der Waals surface area contributed by atoms with Crippen LogP contribution in [-0.2, 0) is 0 Å². The van der Waals surface area contributed by atoms with E-state index in [0.29, 0.717) is 0 Å². The van der Waals surface area contributed by atoms with Gasteiger partial charge in [0.25, 0.3) is 5.91 Å². The van der Waals surface area contributed by atoms with Gasteiger partial charge in [-0.05, 0) is 51.1 Å². The van der Waals surface area contributed by atoms with Crippen molar-refractivity contribution >= 4 is 5.91 Å². The summed E-state index contributed by atoms with van der Waals surface area (Å²) in [6, 6.07) is 4.82. The molecule has 2 rings (SSSR count). The molecule has 1 aliphatic rings. The predicted octanol–water partition coefficient (Wildman–Crippen LogP) is 1.96. The minimum Gasteiger partial charge on any atom is -0.348 e. The van der Waals surface area contributed by atoms with Crippen molar-refractivity contribution in [1.82, 2.24) is 10.2 Å². The summed E-state index contributed by atoms with van der Waals surface area (Å²) in [6.07, 6.45) is 2.03. The van der Waals surface area contributed by atoms with Crippen molar-refractivity contribution in [3.8, 4) is 0 Å². The summed E-state index contributed by atoms with van der Waals surface area (Å²) in [5.41, 5.74) is 0.954. The summed E-state index contributed by atoms with van der Waals surface area (Å²) in [4.78, 5) is 14.2. The topological polar surface area (TPSA) is 32.3 Å². The molecule has 18 heavy (non-hydrogen) atoms. The molecule has 0 spiro atoms. The number of benzene rings is 1. The average molecular weight is 250 g/mol. The van der Waals surface area contributed by atoms with E-state index < -0.39 is 5.82 Å². The van der Waals surface area contributed by atoms with Gasteiger partial charge in [-0.15, -0.1) is 0 Å². The molecule has 1 fully saturated rings. The quantitative estimate of drug-likeness (QED) is 0.870. The third-order valence-electron chi connectivity index (χ3n) is 3.33.